The molecule has 1 saturated carbocycles. The van der Waals surface area contributed by atoms with Crippen molar-refractivity contribution in [2.24, 2.45) is 17.3 Å². The monoisotopic (exact) mass is 167 g/mol. The zero-order valence-electron chi connectivity index (χ0n) is 8.90. The van der Waals surface area contributed by atoms with Crippen LogP contribution in [0.25, 0.3) is 0 Å². The van der Waals surface area contributed by atoms with Crippen molar-refractivity contribution in [2.45, 2.75) is 52.9 Å². The average Bonchev–Trinajstić information content (AvgIpc) is 1.82. The van der Waals surface area contributed by atoms with Crippen molar-refractivity contribution in [1.82, 2.24) is 0 Å². The highest BCUT2D eigenvalue weighted by molar-refractivity contribution is 4.82. The number of hydrogen-bond acceptors (Lipinski definition) is 0. The maximum atomic E-state index is 3.95. The van der Waals surface area contributed by atoms with Crippen molar-refractivity contribution in [2.75, 3.05) is 0 Å². The molecule has 1 fully saturated rings. The third kappa shape index (κ3) is 2.80. The first-order valence-corrected chi connectivity index (χ1v) is 5.33. The lowest BCUT2D eigenvalue weighted by Crippen LogP contribution is -2.27. The van der Waals surface area contributed by atoms with Crippen molar-refractivity contribution >= 4 is 0 Å². The molecular weight excluding hydrogens is 144 g/mol. The SMILES string of the molecule is [CH2]CCC1CC(C)CC(C)(C)C1. The zero-order valence-corrected chi connectivity index (χ0v) is 8.90. The summed E-state index contributed by atoms with van der Waals surface area (Å²) in [4.78, 5) is 0. The highest BCUT2D eigenvalue weighted by Crippen LogP contribution is 2.42. The lowest BCUT2D eigenvalue weighted by atomic mass is 9.67. The van der Waals surface area contributed by atoms with E-state index in [-0.39, 0.29) is 0 Å². The van der Waals surface area contributed by atoms with E-state index in [2.05, 4.69) is 27.7 Å². The molecule has 0 aromatic heterocycles. The molecule has 0 heteroatoms. The molecule has 12 heavy (non-hydrogen) atoms. The van der Waals surface area contributed by atoms with Gasteiger partial charge < -0.3 is 0 Å². The van der Waals surface area contributed by atoms with E-state index < -0.39 is 0 Å². The lowest BCUT2D eigenvalue weighted by Gasteiger charge is -2.39. The van der Waals surface area contributed by atoms with Crippen molar-refractivity contribution in [3.05, 3.63) is 6.92 Å². The predicted molar refractivity (Wildman–Crippen MR) is 54.9 cm³/mol. The van der Waals surface area contributed by atoms with E-state index in [4.69, 9.17) is 0 Å². The summed E-state index contributed by atoms with van der Waals surface area (Å²) in [6.07, 6.45) is 6.74. The molecular formula is C12H23. The quantitative estimate of drug-likeness (QED) is 0.581. The smallest absolute Gasteiger partial charge is 0.0349 e. The minimum absolute atomic E-state index is 0.595. The predicted octanol–water partition coefficient (Wildman–Crippen LogP) is 4.06. The molecule has 1 radical (unpaired) electrons. The molecule has 0 aliphatic heterocycles. The molecule has 0 heterocycles. The van der Waals surface area contributed by atoms with Gasteiger partial charge >= 0.3 is 0 Å². The van der Waals surface area contributed by atoms with Gasteiger partial charge in [-0.05, 0) is 36.5 Å². The van der Waals surface area contributed by atoms with Crippen LogP contribution in [0.5, 0.6) is 0 Å². The number of rotatable bonds is 2. The van der Waals surface area contributed by atoms with Crippen molar-refractivity contribution < 1.29 is 0 Å². The third-order valence-electron chi connectivity index (χ3n) is 3.09. The second-order valence-electron chi connectivity index (χ2n) is 5.42. The van der Waals surface area contributed by atoms with Gasteiger partial charge in [0, 0.05) is 0 Å². The van der Waals surface area contributed by atoms with Crippen LogP contribution in [0.15, 0.2) is 0 Å². The van der Waals surface area contributed by atoms with Crippen LogP contribution in [0.3, 0.4) is 0 Å². The van der Waals surface area contributed by atoms with Gasteiger partial charge in [0.15, 0.2) is 0 Å². The Morgan fingerprint density at radius 1 is 1.33 bits per heavy atom. The van der Waals surface area contributed by atoms with Gasteiger partial charge in [-0.25, -0.2) is 0 Å². The molecule has 1 rings (SSSR count). The van der Waals surface area contributed by atoms with E-state index in [0.29, 0.717) is 5.41 Å². The van der Waals surface area contributed by atoms with Crippen LogP contribution in [0, 0.1) is 24.2 Å². The highest BCUT2D eigenvalue weighted by Gasteiger charge is 2.31. The van der Waals surface area contributed by atoms with Gasteiger partial charge in [0.05, 0.1) is 0 Å². The Kier molecular flexibility index (Phi) is 3.20. The minimum Gasteiger partial charge on any atom is -0.0625 e. The highest BCUT2D eigenvalue weighted by atomic mass is 14.4. The van der Waals surface area contributed by atoms with Crippen LogP contribution in [0.1, 0.15) is 52.9 Å². The Bertz CT molecular complexity index is 135. The molecule has 0 spiro atoms. The number of hydrogen-bond donors (Lipinski definition) is 0. The van der Waals surface area contributed by atoms with Crippen LogP contribution in [-0.4, -0.2) is 0 Å². The molecule has 0 amide bonds. The van der Waals surface area contributed by atoms with E-state index in [1.165, 1.54) is 25.7 Å². The first kappa shape index (κ1) is 10.1. The van der Waals surface area contributed by atoms with Crippen molar-refractivity contribution in [1.29, 1.82) is 0 Å². The molecule has 0 bridgehead atoms. The molecule has 0 aromatic carbocycles. The van der Waals surface area contributed by atoms with Crippen LogP contribution in [-0.2, 0) is 0 Å². The summed E-state index contributed by atoms with van der Waals surface area (Å²) < 4.78 is 0. The van der Waals surface area contributed by atoms with Gasteiger partial charge in [-0.1, -0.05) is 40.5 Å². The summed E-state index contributed by atoms with van der Waals surface area (Å²) in [5, 5.41) is 0. The summed E-state index contributed by atoms with van der Waals surface area (Å²) in [6.45, 7) is 11.2. The van der Waals surface area contributed by atoms with Crippen molar-refractivity contribution in [3.8, 4) is 0 Å². The molecule has 2 atom stereocenters. The molecule has 1 aliphatic carbocycles. The summed E-state index contributed by atoms with van der Waals surface area (Å²) in [7, 11) is 0. The fraction of sp³-hybridized carbons (Fsp3) is 0.917. The van der Waals surface area contributed by atoms with Gasteiger partial charge in [0.25, 0.3) is 0 Å². The van der Waals surface area contributed by atoms with Gasteiger partial charge in [0.2, 0.25) is 0 Å². The fourth-order valence-electron chi connectivity index (χ4n) is 3.05. The van der Waals surface area contributed by atoms with Crippen molar-refractivity contribution in [3.63, 3.8) is 0 Å². The molecule has 1 aliphatic rings. The Labute approximate surface area is 77.7 Å². The van der Waals surface area contributed by atoms with E-state index in [0.717, 1.165) is 18.3 Å². The largest absolute Gasteiger partial charge is 0.0625 e. The van der Waals surface area contributed by atoms with E-state index in [1.54, 1.807) is 0 Å². The summed E-state index contributed by atoms with van der Waals surface area (Å²) in [5.74, 6) is 1.89. The summed E-state index contributed by atoms with van der Waals surface area (Å²) >= 11 is 0. The fourth-order valence-corrected chi connectivity index (χ4v) is 3.05. The topological polar surface area (TPSA) is 0 Å². The van der Waals surface area contributed by atoms with Gasteiger partial charge in [0.1, 0.15) is 0 Å². The second kappa shape index (κ2) is 3.81. The Hall–Kier alpha value is 0. The van der Waals surface area contributed by atoms with Crippen LogP contribution in [0.4, 0.5) is 0 Å². The molecule has 0 N–H and O–H groups in total. The molecule has 0 aromatic rings. The lowest BCUT2D eigenvalue weighted by molar-refractivity contribution is 0.128. The van der Waals surface area contributed by atoms with Crippen LogP contribution >= 0.6 is 0 Å². The Morgan fingerprint density at radius 3 is 2.50 bits per heavy atom. The standard InChI is InChI=1S/C12H23/c1-5-6-11-7-10(2)8-12(3,4)9-11/h10-11H,1,5-9H2,2-4H3. The maximum absolute atomic E-state index is 3.95. The average molecular weight is 167 g/mol. The maximum Gasteiger partial charge on any atom is -0.0349 e. The minimum atomic E-state index is 0.595. The molecule has 2 unspecified atom stereocenters. The molecule has 0 nitrogen and oxygen atoms in total. The van der Waals surface area contributed by atoms with Gasteiger partial charge in [-0.2, -0.15) is 0 Å². The van der Waals surface area contributed by atoms with E-state index in [1.807, 2.05) is 0 Å². The van der Waals surface area contributed by atoms with Crippen LogP contribution < -0.4 is 0 Å². The van der Waals surface area contributed by atoms with E-state index in [9.17, 15) is 0 Å². The Morgan fingerprint density at radius 2 is 2.00 bits per heavy atom. The third-order valence-corrected chi connectivity index (χ3v) is 3.09. The van der Waals surface area contributed by atoms with Crippen LogP contribution in [0.2, 0.25) is 0 Å². The summed E-state index contributed by atoms with van der Waals surface area (Å²) in [6, 6.07) is 0. The van der Waals surface area contributed by atoms with Gasteiger partial charge in [-0.3, -0.25) is 0 Å². The first-order chi connectivity index (χ1) is 5.53. The second-order valence-corrected chi connectivity index (χ2v) is 5.42. The normalized spacial score (nSPS) is 35.0. The zero-order chi connectivity index (χ0) is 9.19. The molecule has 0 saturated heterocycles. The van der Waals surface area contributed by atoms with E-state index >= 15 is 0 Å². The summed E-state index contributed by atoms with van der Waals surface area (Å²) in [5.41, 5.74) is 0.595. The Balaban J connectivity index is 2.46. The first-order valence-electron chi connectivity index (χ1n) is 5.33. The molecule has 71 valence electrons. The van der Waals surface area contributed by atoms with Gasteiger partial charge in [-0.15, -0.1) is 0 Å².